The zero-order chi connectivity index (χ0) is 13.9. The molecular formula is C15H22ClN3O. The summed E-state index contributed by atoms with van der Waals surface area (Å²) in [7, 11) is 0. The number of hydrogen-bond acceptors (Lipinski definition) is 4. The number of halogens is 1. The lowest BCUT2D eigenvalue weighted by Crippen LogP contribution is -2.51. The Morgan fingerprint density at radius 3 is 2.80 bits per heavy atom. The van der Waals surface area contributed by atoms with Crippen molar-refractivity contribution < 1.29 is 4.74 Å². The van der Waals surface area contributed by atoms with Crippen LogP contribution in [0.25, 0.3) is 0 Å². The summed E-state index contributed by atoms with van der Waals surface area (Å²) in [6, 6.07) is 4.48. The van der Waals surface area contributed by atoms with E-state index in [1.54, 1.807) is 0 Å². The van der Waals surface area contributed by atoms with E-state index >= 15 is 0 Å². The lowest BCUT2D eigenvalue weighted by molar-refractivity contribution is -0.0373. The fourth-order valence-electron chi connectivity index (χ4n) is 3.23. The van der Waals surface area contributed by atoms with Crippen LogP contribution in [0.3, 0.4) is 0 Å². The van der Waals surface area contributed by atoms with Gasteiger partial charge in [0.1, 0.15) is 5.82 Å². The van der Waals surface area contributed by atoms with Crippen molar-refractivity contribution >= 4 is 17.4 Å². The first-order valence-corrected chi connectivity index (χ1v) is 7.83. The Labute approximate surface area is 125 Å². The predicted octanol–water partition coefficient (Wildman–Crippen LogP) is 2.42. The molecule has 0 aromatic carbocycles. The van der Waals surface area contributed by atoms with Gasteiger partial charge in [0.15, 0.2) is 0 Å². The minimum Gasteiger partial charge on any atom is -0.376 e. The molecule has 1 unspecified atom stereocenters. The quantitative estimate of drug-likeness (QED) is 0.838. The Morgan fingerprint density at radius 1 is 1.30 bits per heavy atom. The highest BCUT2D eigenvalue weighted by atomic mass is 35.5. The Kier molecular flexibility index (Phi) is 4.44. The third-order valence-corrected chi connectivity index (χ3v) is 4.59. The molecule has 2 fully saturated rings. The van der Waals surface area contributed by atoms with Crippen LogP contribution >= 0.6 is 11.6 Å². The van der Waals surface area contributed by atoms with E-state index in [0.29, 0.717) is 12.1 Å². The largest absolute Gasteiger partial charge is 0.376 e. The van der Waals surface area contributed by atoms with E-state index in [1.165, 1.54) is 12.8 Å². The van der Waals surface area contributed by atoms with Gasteiger partial charge in [0.25, 0.3) is 0 Å². The Bertz CT molecular complexity index is 448. The van der Waals surface area contributed by atoms with Crippen molar-refractivity contribution in [2.75, 3.05) is 37.7 Å². The van der Waals surface area contributed by atoms with Crippen LogP contribution in [0.2, 0.25) is 5.02 Å². The molecule has 5 heteroatoms. The summed E-state index contributed by atoms with van der Waals surface area (Å²) in [6.45, 7) is 7.23. The Morgan fingerprint density at radius 2 is 2.10 bits per heavy atom. The maximum Gasteiger partial charge on any atom is 0.147 e. The van der Waals surface area contributed by atoms with Crippen molar-refractivity contribution in [3.8, 4) is 0 Å². The molecule has 2 aliphatic heterocycles. The van der Waals surface area contributed by atoms with Crippen LogP contribution in [0.15, 0.2) is 18.3 Å². The van der Waals surface area contributed by atoms with Crippen molar-refractivity contribution in [1.29, 1.82) is 0 Å². The van der Waals surface area contributed by atoms with Crippen LogP contribution in [0.1, 0.15) is 19.8 Å². The summed E-state index contributed by atoms with van der Waals surface area (Å²) < 4.78 is 5.63. The summed E-state index contributed by atoms with van der Waals surface area (Å²) in [5.74, 6) is 0.933. The summed E-state index contributed by atoms with van der Waals surface area (Å²) >= 11 is 6.23. The first-order chi connectivity index (χ1) is 9.74. The fraction of sp³-hybridized carbons (Fsp3) is 0.667. The van der Waals surface area contributed by atoms with Gasteiger partial charge in [0, 0.05) is 38.4 Å². The average Bonchev–Trinajstić information content (AvgIpc) is 2.48. The van der Waals surface area contributed by atoms with Crippen LogP contribution in [-0.2, 0) is 4.74 Å². The number of morpholine rings is 1. The molecule has 3 heterocycles. The summed E-state index contributed by atoms with van der Waals surface area (Å²) in [4.78, 5) is 9.31. The van der Waals surface area contributed by atoms with Crippen LogP contribution in [0.4, 0.5) is 5.82 Å². The molecule has 2 aliphatic rings. The first kappa shape index (κ1) is 14.1. The van der Waals surface area contributed by atoms with E-state index in [2.05, 4.69) is 21.7 Å². The van der Waals surface area contributed by atoms with Crippen molar-refractivity contribution in [2.45, 2.75) is 31.9 Å². The SMILES string of the molecule is CC1CN(C2CCN(c3ncccc3Cl)CC2)CCO1. The van der Waals surface area contributed by atoms with Gasteiger partial charge in [-0.25, -0.2) is 4.98 Å². The van der Waals surface area contributed by atoms with E-state index in [9.17, 15) is 0 Å². The number of nitrogens with zero attached hydrogens (tertiary/aromatic N) is 3. The van der Waals surface area contributed by atoms with Crippen molar-refractivity contribution in [1.82, 2.24) is 9.88 Å². The molecule has 2 saturated heterocycles. The molecule has 0 amide bonds. The number of aromatic nitrogens is 1. The van der Waals surface area contributed by atoms with Gasteiger partial charge < -0.3 is 9.64 Å². The standard InChI is InChI=1S/C15H22ClN3O/c1-12-11-19(9-10-20-12)13-4-7-18(8-5-13)15-14(16)3-2-6-17-15/h2-3,6,12-13H,4-5,7-11H2,1H3. The molecule has 0 aliphatic carbocycles. The molecule has 0 saturated carbocycles. The highest BCUT2D eigenvalue weighted by Gasteiger charge is 2.28. The second-order valence-electron chi connectivity index (χ2n) is 5.70. The minimum absolute atomic E-state index is 0.368. The maximum atomic E-state index is 6.23. The molecule has 110 valence electrons. The number of rotatable bonds is 2. The van der Waals surface area contributed by atoms with E-state index in [4.69, 9.17) is 16.3 Å². The van der Waals surface area contributed by atoms with Gasteiger partial charge in [0.2, 0.25) is 0 Å². The number of ether oxygens (including phenoxy) is 1. The van der Waals surface area contributed by atoms with Crippen molar-refractivity contribution in [2.24, 2.45) is 0 Å². The molecule has 0 N–H and O–H groups in total. The summed E-state index contributed by atoms with van der Waals surface area (Å²) in [5, 5.41) is 0.756. The van der Waals surface area contributed by atoms with Crippen molar-refractivity contribution in [3.05, 3.63) is 23.4 Å². The highest BCUT2D eigenvalue weighted by Crippen LogP contribution is 2.27. The minimum atomic E-state index is 0.368. The number of anilines is 1. The molecule has 0 spiro atoms. The van der Waals surface area contributed by atoms with E-state index in [-0.39, 0.29) is 0 Å². The lowest BCUT2D eigenvalue weighted by atomic mass is 10.0. The Balaban J connectivity index is 1.58. The molecule has 3 rings (SSSR count). The third-order valence-electron chi connectivity index (χ3n) is 4.29. The molecule has 1 aromatic rings. The topological polar surface area (TPSA) is 28.6 Å². The van der Waals surface area contributed by atoms with Crippen LogP contribution in [-0.4, -0.2) is 54.8 Å². The Hall–Kier alpha value is -0.840. The monoisotopic (exact) mass is 295 g/mol. The van der Waals surface area contributed by atoms with Gasteiger partial charge in [-0.2, -0.15) is 0 Å². The van der Waals surface area contributed by atoms with E-state index in [1.807, 2.05) is 18.3 Å². The molecule has 0 bridgehead atoms. The van der Waals surface area contributed by atoms with E-state index < -0.39 is 0 Å². The van der Waals surface area contributed by atoms with Gasteiger partial charge in [-0.3, -0.25) is 4.90 Å². The second-order valence-corrected chi connectivity index (χ2v) is 6.11. The van der Waals surface area contributed by atoms with Crippen LogP contribution in [0.5, 0.6) is 0 Å². The van der Waals surface area contributed by atoms with E-state index in [0.717, 1.165) is 43.6 Å². The lowest BCUT2D eigenvalue weighted by Gasteiger charge is -2.42. The average molecular weight is 296 g/mol. The second kappa shape index (κ2) is 6.29. The molecule has 20 heavy (non-hydrogen) atoms. The zero-order valence-corrected chi connectivity index (χ0v) is 12.7. The number of piperidine rings is 1. The van der Waals surface area contributed by atoms with Crippen LogP contribution in [0, 0.1) is 0 Å². The molecule has 1 atom stereocenters. The van der Waals surface area contributed by atoms with Gasteiger partial charge in [-0.15, -0.1) is 0 Å². The molecule has 1 aromatic heterocycles. The van der Waals surface area contributed by atoms with Gasteiger partial charge >= 0.3 is 0 Å². The number of pyridine rings is 1. The van der Waals surface area contributed by atoms with Gasteiger partial charge in [0.05, 0.1) is 17.7 Å². The van der Waals surface area contributed by atoms with Gasteiger partial charge in [-0.1, -0.05) is 11.6 Å². The number of hydrogen-bond donors (Lipinski definition) is 0. The predicted molar refractivity (Wildman–Crippen MR) is 81.5 cm³/mol. The first-order valence-electron chi connectivity index (χ1n) is 7.45. The maximum absolute atomic E-state index is 6.23. The van der Waals surface area contributed by atoms with Crippen LogP contribution < -0.4 is 4.90 Å². The molecular weight excluding hydrogens is 274 g/mol. The molecule has 0 radical (unpaired) electrons. The fourth-order valence-corrected chi connectivity index (χ4v) is 3.47. The third kappa shape index (κ3) is 3.08. The summed E-state index contributed by atoms with van der Waals surface area (Å²) in [6.07, 6.45) is 4.54. The highest BCUT2D eigenvalue weighted by molar-refractivity contribution is 6.32. The zero-order valence-electron chi connectivity index (χ0n) is 12.0. The summed E-state index contributed by atoms with van der Waals surface area (Å²) in [5.41, 5.74) is 0. The van der Waals surface area contributed by atoms with Gasteiger partial charge in [-0.05, 0) is 31.9 Å². The molecule has 4 nitrogen and oxygen atoms in total. The normalized spacial score (nSPS) is 25.9. The smallest absolute Gasteiger partial charge is 0.147 e. The van der Waals surface area contributed by atoms with Crippen molar-refractivity contribution in [3.63, 3.8) is 0 Å².